The van der Waals surface area contributed by atoms with Gasteiger partial charge in [-0.15, -0.1) is 0 Å². The fourth-order valence-electron chi connectivity index (χ4n) is 1.84. The molecule has 0 saturated carbocycles. The first-order valence-corrected chi connectivity index (χ1v) is 5.53. The standard InChI is InChI=1S/C12H16O5/c13-7-10(14)11(15)8-3-1-2-4-9(8)12-16-5-6-17-12/h1-4,10-15H,5-7H2. The second kappa shape index (κ2) is 5.57. The Labute approximate surface area is 99.2 Å². The molecule has 0 spiro atoms. The normalized spacial score (nSPS) is 20.4. The van der Waals surface area contributed by atoms with E-state index in [0.717, 1.165) is 0 Å². The van der Waals surface area contributed by atoms with Crippen molar-refractivity contribution in [2.24, 2.45) is 0 Å². The van der Waals surface area contributed by atoms with Crippen molar-refractivity contribution in [3.8, 4) is 0 Å². The first-order chi connectivity index (χ1) is 8.24. The lowest BCUT2D eigenvalue weighted by atomic mass is 9.98. The number of ether oxygens (including phenoxy) is 2. The van der Waals surface area contributed by atoms with Crippen LogP contribution in [0.5, 0.6) is 0 Å². The molecular formula is C12H16O5. The molecular weight excluding hydrogens is 224 g/mol. The molecule has 5 heteroatoms. The first-order valence-electron chi connectivity index (χ1n) is 5.53. The third kappa shape index (κ3) is 2.65. The van der Waals surface area contributed by atoms with Crippen LogP contribution in [0.2, 0.25) is 0 Å². The van der Waals surface area contributed by atoms with Crippen molar-refractivity contribution >= 4 is 0 Å². The van der Waals surface area contributed by atoms with Gasteiger partial charge >= 0.3 is 0 Å². The van der Waals surface area contributed by atoms with E-state index in [2.05, 4.69) is 0 Å². The third-order valence-electron chi connectivity index (χ3n) is 2.74. The molecule has 94 valence electrons. The van der Waals surface area contributed by atoms with Gasteiger partial charge in [0.25, 0.3) is 0 Å². The summed E-state index contributed by atoms with van der Waals surface area (Å²) in [7, 11) is 0. The molecule has 0 radical (unpaired) electrons. The quantitative estimate of drug-likeness (QED) is 0.696. The number of hydrogen-bond donors (Lipinski definition) is 3. The average Bonchev–Trinajstić information content (AvgIpc) is 2.90. The van der Waals surface area contributed by atoms with E-state index in [-0.39, 0.29) is 0 Å². The second-order valence-corrected chi connectivity index (χ2v) is 3.90. The summed E-state index contributed by atoms with van der Waals surface area (Å²) in [5.41, 5.74) is 1.20. The van der Waals surface area contributed by atoms with E-state index in [4.69, 9.17) is 14.6 Å². The van der Waals surface area contributed by atoms with Crippen molar-refractivity contribution in [3.63, 3.8) is 0 Å². The summed E-state index contributed by atoms with van der Waals surface area (Å²) in [6, 6.07) is 7.02. The summed E-state index contributed by atoms with van der Waals surface area (Å²) in [6.45, 7) is 0.525. The van der Waals surface area contributed by atoms with E-state index >= 15 is 0 Å². The van der Waals surface area contributed by atoms with E-state index < -0.39 is 25.1 Å². The molecule has 1 heterocycles. The van der Waals surface area contributed by atoms with Crippen LogP contribution in [0, 0.1) is 0 Å². The number of aliphatic hydroxyl groups is 3. The Morgan fingerprint density at radius 2 is 1.82 bits per heavy atom. The molecule has 3 N–H and O–H groups in total. The van der Waals surface area contributed by atoms with Crippen molar-refractivity contribution in [2.45, 2.75) is 18.5 Å². The van der Waals surface area contributed by atoms with E-state index in [1.807, 2.05) is 6.07 Å². The van der Waals surface area contributed by atoms with Crippen LogP contribution in [0.1, 0.15) is 23.5 Å². The minimum atomic E-state index is -1.21. The summed E-state index contributed by atoms with van der Waals surface area (Å²) in [5, 5.41) is 28.2. The Hall–Kier alpha value is -0.980. The Balaban J connectivity index is 2.26. The molecule has 5 nitrogen and oxygen atoms in total. The molecule has 1 saturated heterocycles. The van der Waals surface area contributed by atoms with Crippen LogP contribution in [0.4, 0.5) is 0 Å². The highest BCUT2D eigenvalue weighted by Gasteiger charge is 2.26. The molecule has 2 rings (SSSR count). The maximum atomic E-state index is 9.91. The Morgan fingerprint density at radius 3 is 2.47 bits per heavy atom. The van der Waals surface area contributed by atoms with Crippen molar-refractivity contribution in [3.05, 3.63) is 35.4 Å². The Bertz CT molecular complexity index is 362. The van der Waals surface area contributed by atoms with Gasteiger partial charge in [-0.25, -0.2) is 0 Å². The van der Waals surface area contributed by atoms with Crippen molar-refractivity contribution < 1.29 is 24.8 Å². The van der Waals surface area contributed by atoms with Gasteiger partial charge in [-0.05, 0) is 5.56 Å². The van der Waals surface area contributed by atoms with Crippen LogP contribution in [-0.4, -0.2) is 41.2 Å². The largest absolute Gasteiger partial charge is 0.394 e. The van der Waals surface area contributed by atoms with E-state index in [0.29, 0.717) is 24.3 Å². The Kier molecular flexibility index (Phi) is 4.09. The number of hydrogen-bond acceptors (Lipinski definition) is 5. The van der Waals surface area contributed by atoms with Crippen LogP contribution in [-0.2, 0) is 9.47 Å². The fraction of sp³-hybridized carbons (Fsp3) is 0.500. The maximum Gasteiger partial charge on any atom is 0.184 e. The molecule has 1 aliphatic heterocycles. The molecule has 1 aromatic rings. The van der Waals surface area contributed by atoms with Gasteiger partial charge < -0.3 is 24.8 Å². The van der Waals surface area contributed by atoms with Gasteiger partial charge in [0.1, 0.15) is 12.2 Å². The van der Waals surface area contributed by atoms with Crippen molar-refractivity contribution in [1.82, 2.24) is 0 Å². The Morgan fingerprint density at radius 1 is 1.18 bits per heavy atom. The summed E-state index contributed by atoms with van der Waals surface area (Å²) in [6.07, 6.45) is -2.87. The van der Waals surface area contributed by atoms with Gasteiger partial charge in [0.05, 0.1) is 19.8 Å². The second-order valence-electron chi connectivity index (χ2n) is 3.90. The summed E-state index contributed by atoms with van der Waals surface area (Å²) in [5.74, 6) is 0. The van der Waals surface area contributed by atoms with Crippen LogP contribution in [0.25, 0.3) is 0 Å². The average molecular weight is 240 g/mol. The van der Waals surface area contributed by atoms with Crippen LogP contribution < -0.4 is 0 Å². The lowest BCUT2D eigenvalue weighted by Gasteiger charge is -2.21. The molecule has 0 aliphatic carbocycles. The zero-order chi connectivity index (χ0) is 12.3. The predicted molar refractivity (Wildman–Crippen MR) is 59.1 cm³/mol. The molecule has 2 atom stereocenters. The van der Waals surface area contributed by atoms with Crippen LogP contribution >= 0.6 is 0 Å². The first kappa shape index (κ1) is 12.5. The monoisotopic (exact) mass is 240 g/mol. The molecule has 1 aliphatic rings. The maximum absolute atomic E-state index is 9.91. The van der Waals surface area contributed by atoms with Crippen molar-refractivity contribution in [2.75, 3.05) is 19.8 Å². The summed E-state index contributed by atoms with van der Waals surface area (Å²) >= 11 is 0. The lowest BCUT2D eigenvalue weighted by Crippen LogP contribution is -2.23. The molecule has 0 bridgehead atoms. The van der Waals surface area contributed by atoms with Gasteiger partial charge in [0.15, 0.2) is 6.29 Å². The van der Waals surface area contributed by atoms with E-state index in [9.17, 15) is 10.2 Å². The molecule has 17 heavy (non-hydrogen) atoms. The molecule has 0 amide bonds. The zero-order valence-corrected chi connectivity index (χ0v) is 9.32. The molecule has 0 aromatic heterocycles. The van der Waals surface area contributed by atoms with Crippen LogP contribution in [0.3, 0.4) is 0 Å². The predicted octanol–water partition coefficient (Wildman–Crippen LogP) is 0.119. The highest BCUT2D eigenvalue weighted by atomic mass is 16.7. The number of benzene rings is 1. The smallest absolute Gasteiger partial charge is 0.184 e. The molecule has 1 fully saturated rings. The fourth-order valence-corrected chi connectivity index (χ4v) is 1.84. The van der Waals surface area contributed by atoms with Crippen molar-refractivity contribution in [1.29, 1.82) is 0 Å². The van der Waals surface area contributed by atoms with Gasteiger partial charge in [0, 0.05) is 5.56 Å². The van der Waals surface area contributed by atoms with Gasteiger partial charge in [-0.2, -0.15) is 0 Å². The third-order valence-corrected chi connectivity index (χ3v) is 2.74. The minimum Gasteiger partial charge on any atom is -0.394 e. The highest BCUT2D eigenvalue weighted by Crippen LogP contribution is 2.30. The summed E-state index contributed by atoms with van der Waals surface area (Å²) < 4.78 is 10.7. The zero-order valence-electron chi connectivity index (χ0n) is 9.32. The topological polar surface area (TPSA) is 79.2 Å². The van der Waals surface area contributed by atoms with E-state index in [1.54, 1.807) is 18.2 Å². The number of rotatable bonds is 4. The molecule has 1 aromatic carbocycles. The van der Waals surface area contributed by atoms with Gasteiger partial charge in [-0.3, -0.25) is 0 Å². The highest BCUT2D eigenvalue weighted by molar-refractivity contribution is 5.31. The number of aliphatic hydroxyl groups excluding tert-OH is 3. The molecule has 2 unspecified atom stereocenters. The summed E-state index contributed by atoms with van der Waals surface area (Å²) in [4.78, 5) is 0. The van der Waals surface area contributed by atoms with Crippen LogP contribution in [0.15, 0.2) is 24.3 Å². The van der Waals surface area contributed by atoms with E-state index in [1.165, 1.54) is 0 Å². The van der Waals surface area contributed by atoms with Gasteiger partial charge in [0.2, 0.25) is 0 Å². The minimum absolute atomic E-state index is 0.498. The lowest BCUT2D eigenvalue weighted by molar-refractivity contribution is -0.0510. The SMILES string of the molecule is OCC(O)C(O)c1ccccc1C1OCCO1. The van der Waals surface area contributed by atoms with Gasteiger partial charge in [-0.1, -0.05) is 24.3 Å².